The summed E-state index contributed by atoms with van der Waals surface area (Å²) in [5.41, 5.74) is 1.61. The second-order valence-electron chi connectivity index (χ2n) is 7.63. The predicted molar refractivity (Wildman–Crippen MR) is 98.2 cm³/mol. The van der Waals surface area contributed by atoms with Gasteiger partial charge in [-0.25, -0.2) is 9.78 Å². The number of hydrogen-bond acceptors (Lipinski definition) is 4. The van der Waals surface area contributed by atoms with Crippen molar-refractivity contribution in [1.82, 2.24) is 9.88 Å². The lowest BCUT2D eigenvalue weighted by Gasteiger charge is -2.29. The molecule has 2 aliphatic rings. The molecule has 1 saturated heterocycles. The number of halogens is 1. The van der Waals surface area contributed by atoms with E-state index in [2.05, 4.69) is 31.9 Å². The van der Waals surface area contributed by atoms with E-state index in [4.69, 9.17) is 4.74 Å². The minimum Gasteiger partial charge on any atom is -0.444 e. The van der Waals surface area contributed by atoms with Gasteiger partial charge in [-0.2, -0.15) is 0 Å². The normalized spacial score (nSPS) is 17.9. The third-order valence-electron chi connectivity index (χ3n) is 4.30. The first-order chi connectivity index (χ1) is 11.3. The van der Waals surface area contributed by atoms with Gasteiger partial charge in [-0.15, -0.1) is 0 Å². The van der Waals surface area contributed by atoms with Crippen LogP contribution < -0.4 is 4.90 Å². The highest BCUT2D eigenvalue weighted by molar-refractivity contribution is 9.10. The van der Waals surface area contributed by atoms with Gasteiger partial charge in [0.1, 0.15) is 10.2 Å². The Morgan fingerprint density at radius 2 is 2.00 bits per heavy atom. The summed E-state index contributed by atoms with van der Waals surface area (Å²) < 4.78 is 6.41. The molecule has 0 unspecified atom stereocenters. The fourth-order valence-electron chi connectivity index (χ4n) is 3.04. The summed E-state index contributed by atoms with van der Waals surface area (Å²) in [5.74, 6) is 0. The Labute approximate surface area is 152 Å². The van der Waals surface area contributed by atoms with Gasteiger partial charge in [0.2, 0.25) is 0 Å². The van der Waals surface area contributed by atoms with Crippen LogP contribution in [0.3, 0.4) is 0 Å². The zero-order valence-electron chi connectivity index (χ0n) is 14.7. The van der Waals surface area contributed by atoms with Gasteiger partial charge in [0.25, 0.3) is 0 Å². The fraction of sp³-hybridized carbons (Fsp3) is 0.667. The molecule has 0 radical (unpaired) electrons. The van der Waals surface area contributed by atoms with Crippen LogP contribution in [0.25, 0.3) is 0 Å². The van der Waals surface area contributed by atoms with Crippen molar-refractivity contribution in [2.75, 3.05) is 18.0 Å². The van der Waals surface area contributed by atoms with E-state index >= 15 is 0 Å². The maximum Gasteiger partial charge on any atom is 0.410 e. The van der Waals surface area contributed by atoms with E-state index in [0.717, 1.165) is 41.9 Å². The molecule has 1 aliphatic carbocycles. The monoisotopic (exact) mass is 395 g/mol. The van der Waals surface area contributed by atoms with E-state index in [1.165, 1.54) is 12.8 Å². The molecule has 1 aromatic rings. The third kappa shape index (κ3) is 4.41. The second kappa shape index (κ2) is 6.90. The van der Waals surface area contributed by atoms with Crippen LogP contribution in [0.5, 0.6) is 0 Å². The van der Waals surface area contributed by atoms with Gasteiger partial charge in [0, 0.05) is 19.1 Å². The highest BCUT2D eigenvalue weighted by atomic mass is 79.9. The van der Waals surface area contributed by atoms with Gasteiger partial charge >= 0.3 is 6.09 Å². The topological polar surface area (TPSA) is 45.7 Å². The summed E-state index contributed by atoms with van der Waals surface area (Å²) in [6, 6.07) is 4.37. The van der Waals surface area contributed by atoms with Crippen molar-refractivity contribution in [2.24, 2.45) is 0 Å². The number of carbonyl (C=O) groups excluding carboxylic acids is 1. The first-order valence-corrected chi connectivity index (χ1v) is 9.53. The van der Waals surface area contributed by atoms with Gasteiger partial charge in [-0.3, -0.25) is 4.90 Å². The number of carbonyl (C=O) groups is 1. The first kappa shape index (κ1) is 17.5. The molecule has 5 nitrogen and oxygen atoms in total. The first-order valence-electron chi connectivity index (χ1n) is 8.73. The largest absolute Gasteiger partial charge is 0.444 e. The van der Waals surface area contributed by atoms with E-state index in [1.807, 2.05) is 31.7 Å². The molecular formula is C18H26BrN3O2. The molecule has 0 atom stereocenters. The number of anilines is 1. The van der Waals surface area contributed by atoms with Gasteiger partial charge in [0.05, 0.1) is 17.9 Å². The van der Waals surface area contributed by atoms with Crippen LogP contribution in [0, 0.1) is 0 Å². The van der Waals surface area contributed by atoms with Gasteiger partial charge in [0.15, 0.2) is 0 Å². The lowest BCUT2D eigenvalue weighted by molar-refractivity contribution is 0.0214. The highest BCUT2D eigenvalue weighted by Gasteiger charge is 2.36. The van der Waals surface area contributed by atoms with Crippen LogP contribution in [0.1, 0.15) is 52.1 Å². The minimum atomic E-state index is -0.479. The smallest absolute Gasteiger partial charge is 0.410 e. The Morgan fingerprint density at radius 1 is 1.33 bits per heavy atom. The van der Waals surface area contributed by atoms with Crippen LogP contribution in [0.15, 0.2) is 16.7 Å². The van der Waals surface area contributed by atoms with Crippen LogP contribution in [0.2, 0.25) is 0 Å². The molecule has 3 rings (SSSR count). The Morgan fingerprint density at radius 3 is 2.58 bits per heavy atom. The Balaban J connectivity index is 1.81. The van der Waals surface area contributed by atoms with Crippen molar-refractivity contribution in [3.8, 4) is 0 Å². The summed E-state index contributed by atoms with van der Waals surface area (Å²) in [6.07, 6.45) is 4.29. The standard InChI is InChI=1S/C18H26BrN3O2/c1-18(2,3)24-17(23)22(13-6-7-13)12-14-15(8-9-16(19)20-14)21-10-4-5-11-21/h8-9,13H,4-7,10-12H2,1-3H3. The molecule has 132 valence electrons. The molecule has 24 heavy (non-hydrogen) atoms. The number of pyridine rings is 1. The van der Waals surface area contributed by atoms with Crippen molar-refractivity contribution < 1.29 is 9.53 Å². The molecular weight excluding hydrogens is 370 g/mol. The molecule has 0 bridgehead atoms. The molecule has 1 amide bonds. The molecule has 0 N–H and O–H groups in total. The molecule has 0 spiro atoms. The predicted octanol–water partition coefficient (Wildman–Crippen LogP) is 4.34. The Hall–Kier alpha value is -1.30. The maximum atomic E-state index is 12.6. The second-order valence-corrected chi connectivity index (χ2v) is 8.45. The fourth-order valence-corrected chi connectivity index (χ4v) is 3.39. The van der Waals surface area contributed by atoms with Crippen molar-refractivity contribution in [3.05, 3.63) is 22.4 Å². The number of rotatable bonds is 4. The highest BCUT2D eigenvalue weighted by Crippen LogP contribution is 2.32. The maximum absolute atomic E-state index is 12.6. The summed E-state index contributed by atoms with van der Waals surface area (Å²) in [4.78, 5) is 21.5. The summed E-state index contributed by atoms with van der Waals surface area (Å²) in [5, 5.41) is 0. The summed E-state index contributed by atoms with van der Waals surface area (Å²) in [7, 11) is 0. The molecule has 0 aromatic carbocycles. The van der Waals surface area contributed by atoms with E-state index in [9.17, 15) is 4.79 Å². The van der Waals surface area contributed by atoms with Crippen LogP contribution in [-0.2, 0) is 11.3 Å². The molecule has 6 heteroatoms. The third-order valence-corrected chi connectivity index (χ3v) is 4.74. The average molecular weight is 396 g/mol. The van der Waals surface area contributed by atoms with Crippen LogP contribution in [-0.4, -0.2) is 40.7 Å². The van der Waals surface area contributed by atoms with E-state index in [0.29, 0.717) is 6.54 Å². The van der Waals surface area contributed by atoms with E-state index in [-0.39, 0.29) is 12.1 Å². The van der Waals surface area contributed by atoms with E-state index in [1.54, 1.807) is 0 Å². The molecule has 2 heterocycles. The lowest BCUT2D eigenvalue weighted by Crippen LogP contribution is -2.38. The van der Waals surface area contributed by atoms with E-state index < -0.39 is 5.60 Å². The number of hydrogen-bond donors (Lipinski definition) is 0. The van der Waals surface area contributed by atoms with Crippen molar-refractivity contribution in [2.45, 2.75) is 64.6 Å². The van der Waals surface area contributed by atoms with Gasteiger partial charge in [-0.05, 0) is 74.5 Å². The average Bonchev–Trinajstić information content (AvgIpc) is 3.17. The number of ether oxygens (including phenoxy) is 1. The molecule has 1 saturated carbocycles. The summed E-state index contributed by atoms with van der Waals surface area (Å²) in [6.45, 7) is 8.35. The number of nitrogens with zero attached hydrogens (tertiary/aromatic N) is 3. The van der Waals surface area contributed by atoms with Crippen molar-refractivity contribution in [3.63, 3.8) is 0 Å². The Bertz CT molecular complexity index is 605. The van der Waals surface area contributed by atoms with Gasteiger partial charge < -0.3 is 9.64 Å². The van der Waals surface area contributed by atoms with Crippen molar-refractivity contribution in [1.29, 1.82) is 0 Å². The molecule has 2 fully saturated rings. The van der Waals surface area contributed by atoms with Crippen molar-refractivity contribution >= 4 is 27.7 Å². The number of amides is 1. The Kier molecular flexibility index (Phi) is 5.04. The quantitative estimate of drug-likeness (QED) is 0.711. The van der Waals surface area contributed by atoms with Crippen LogP contribution in [0.4, 0.5) is 10.5 Å². The molecule has 1 aliphatic heterocycles. The lowest BCUT2D eigenvalue weighted by atomic mass is 10.2. The van der Waals surface area contributed by atoms with Crippen LogP contribution >= 0.6 is 15.9 Å². The number of aromatic nitrogens is 1. The zero-order chi connectivity index (χ0) is 17.3. The SMILES string of the molecule is CC(C)(C)OC(=O)N(Cc1nc(Br)ccc1N1CCCC1)C1CC1. The molecule has 1 aromatic heterocycles. The zero-order valence-corrected chi connectivity index (χ0v) is 16.3. The van der Waals surface area contributed by atoms with Gasteiger partial charge in [-0.1, -0.05) is 0 Å². The summed E-state index contributed by atoms with van der Waals surface area (Å²) >= 11 is 3.47. The minimum absolute atomic E-state index is 0.237.